The van der Waals surface area contributed by atoms with E-state index in [1.165, 1.54) is 0 Å². The van der Waals surface area contributed by atoms with Crippen molar-refractivity contribution in [1.82, 2.24) is 20.1 Å². The summed E-state index contributed by atoms with van der Waals surface area (Å²) in [4.78, 5) is 18.9. The molecule has 6 nitrogen and oxygen atoms in total. The number of rotatable bonds is 4. The topological polar surface area (TPSA) is 75.0 Å². The molecular weight excluding hydrogens is 292 g/mol. The first-order chi connectivity index (χ1) is 10.9. The zero-order valence-corrected chi connectivity index (χ0v) is 14.1. The second-order valence-electron chi connectivity index (χ2n) is 7.16. The van der Waals surface area contributed by atoms with Crippen LogP contribution in [0.25, 0.3) is 0 Å². The van der Waals surface area contributed by atoms with Crippen LogP contribution in [0.5, 0.6) is 0 Å². The van der Waals surface area contributed by atoms with Crippen LogP contribution in [-0.2, 0) is 29.6 Å². The first-order valence-electron chi connectivity index (χ1n) is 8.18. The number of aromatic nitrogens is 3. The minimum Gasteiger partial charge on any atom is -0.445 e. The number of aromatic amines is 1. The number of hydrogen-bond acceptors (Lipinski definition) is 4. The van der Waals surface area contributed by atoms with Crippen molar-refractivity contribution >= 4 is 5.91 Å². The van der Waals surface area contributed by atoms with E-state index >= 15 is 0 Å². The predicted octanol–water partition coefficient (Wildman–Crippen LogP) is 2.60. The van der Waals surface area contributed by atoms with E-state index in [2.05, 4.69) is 36.0 Å². The average molecular weight is 316 g/mol. The standard InChI is InChI=1S/C17H24N4O2/c1-17(2,3)16-20-13-11-21(8-7-14(13)23-16)15(22)6-4-5-12-9-18-19-10-12/h9-10H,4-8,11H2,1-3H3,(H,18,19). The van der Waals surface area contributed by atoms with Crippen LogP contribution in [0.15, 0.2) is 16.8 Å². The Morgan fingerprint density at radius 1 is 1.43 bits per heavy atom. The maximum atomic E-state index is 12.4. The smallest absolute Gasteiger partial charge is 0.222 e. The largest absolute Gasteiger partial charge is 0.445 e. The van der Waals surface area contributed by atoms with Crippen LogP contribution in [0.2, 0.25) is 0 Å². The number of nitrogens with one attached hydrogen (secondary N) is 1. The van der Waals surface area contributed by atoms with Gasteiger partial charge in [0.25, 0.3) is 0 Å². The summed E-state index contributed by atoms with van der Waals surface area (Å²) in [5.74, 6) is 1.90. The molecule has 0 atom stereocenters. The number of carbonyl (C=O) groups is 1. The molecule has 0 saturated heterocycles. The maximum Gasteiger partial charge on any atom is 0.222 e. The summed E-state index contributed by atoms with van der Waals surface area (Å²) in [6.07, 6.45) is 6.71. The number of nitrogens with zero attached hydrogens (tertiary/aromatic N) is 3. The highest BCUT2D eigenvalue weighted by Crippen LogP contribution is 2.27. The quantitative estimate of drug-likeness (QED) is 0.941. The first-order valence-corrected chi connectivity index (χ1v) is 8.18. The fourth-order valence-corrected chi connectivity index (χ4v) is 2.75. The SMILES string of the molecule is CC(C)(C)c1nc2c(o1)CCN(C(=O)CCCc1cn[nH]c1)C2. The Kier molecular flexibility index (Phi) is 4.24. The molecular formula is C17H24N4O2. The summed E-state index contributed by atoms with van der Waals surface area (Å²) in [6, 6.07) is 0. The molecule has 1 N–H and O–H groups in total. The number of oxazole rings is 1. The lowest BCUT2D eigenvalue weighted by Crippen LogP contribution is -2.35. The third-order valence-electron chi connectivity index (χ3n) is 4.13. The highest BCUT2D eigenvalue weighted by Gasteiger charge is 2.28. The third kappa shape index (κ3) is 3.63. The summed E-state index contributed by atoms with van der Waals surface area (Å²) in [6.45, 7) is 7.55. The molecule has 2 aromatic rings. The molecule has 0 unspecified atom stereocenters. The van der Waals surface area contributed by atoms with Crippen molar-refractivity contribution in [3.05, 3.63) is 35.3 Å². The van der Waals surface area contributed by atoms with E-state index < -0.39 is 0 Å². The number of aryl methyl sites for hydroxylation is 1. The van der Waals surface area contributed by atoms with E-state index in [-0.39, 0.29) is 11.3 Å². The molecule has 0 bridgehead atoms. The third-order valence-corrected chi connectivity index (χ3v) is 4.13. The predicted molar refractivity (Wildman–Crippen MR) is 85.8 cm³/mol. The molecule has 1 aliphatic rings. The second-order valence-corrected chi connectivity index (χ2v) is 7.16. The molecule has 3 heterocycles. The first kappa shape index (κ1) is 15.8. The van der Waals surface area contributed by atoms with Gasteiger partial charge < -0.3 is 9.32 Å². The van der Waals surface area contributed by atoms with Gasteiger partial charge in [0.05, 0.1) is 12.7 Å². The highest BCUT2D eigenvalue weighted by molar-refractivity contribution is 5.76. The van der Waals surface area contributed by atoms with Gasteiger partial charge in [-0.25, -0.2) is 4.98 Å². The average Bonchev–Trinajstić information content (AvgIpc) is 3.14. The van der Waals surface area contributed by atoms with Crippen molar-refractivity contribution in [3.8, 4) is 0 Å². The van der Waals surface area contributed by atoms with Gasteiger partial charge in [0, 0.05) is 31.0 Å². The Morgan fingerprint density at radius 3 is 2.96 bits per heavy atom. The maximum absolute atomic E-state index is 12.4. The molecule has 0 aliphatic carbocycles. The molecule has 3 rings (SSSR count). The Labute approximate surface area is 136 Å². The zero-order chi connectivity index (χ0) is 16.4. The van der Waals surface area contributed by atoms with E-state index in [1.807, 2.05) is 11.1 Å². The van der Waals surface area contributed by atoms with Gasteiger partial charge in [-0.05, 0) is 18.4 Å². The molecule has 1 amide bonds. The minimum atomic E-state index is -0.100. The van der Waals surface area contributed by atoms with E-state index in [4.69, 9.17) is 4.42 Å². The number of hydrogen-bond donors (Lipinski definition) is 1. The zero-order valence-electron chi connectivity index (χ0n) is 14.1. The molecule has 0 spiro atoms. The van der Waals surface area contributed by atoms with Crippen molar-refractivity contribution in [2.24, 2.45) is 0 Å². The molecule has 124 valence electrons. The van der Waals surface area contributed by atoms with Crippen LogP contribution < -0.4 is 0 Å². The second kappa shape index (κ2) is 6.18. The summed E-state index contributed by atoms with van der Waals surface area (Å²) in [7, 11) is 0. The normalized spacial score (nSPS) is 14.8. The van der Waals surface area contributed by atoms with E-state index in [9.17, 15) is 4.79 Å². The summed E-state index contributed by atoms with van der Waals surface area (Å²) >= 11 is 0. The molecule has 23 heavy (non-hydrogen) atoms. The molecule has 2 aromatic heterocycles. The molecule has 1 aliphatic heterocycles. The Balaban J connectivity index is 1.56. The number of carbonyl (C=O) groups excluding carboxylic acids is 1. The van der Waals surface area contributed by atoms with Gasteiger partial charge in [0.2, 0.25) is 5.91 Å². The molecule has 0 fully saturated rings. The van der Waals surface area contributed by atoms with Crippen LogP contribution >= 0.6 is 0 Å². The number of H-pyrrole nitrogens is 1. The van der Waals surface area contributed by atoms with Crippen molar-refractivity contribution in [1.29, 1.82) is 0 Å². The molecule has 0 aromatic carbocycles. The van der Waals surface area contributed by atoms with Gasteiger partial charge in [-0.1, -0.05) is 20.8 Å². The Hall–Kier alpha value is -2.11. The van der Waals surface area contributed by atoms with E-state index in [1.54, 1.807) is 6.20 Å². The lowest BCUT2D eigenvalue weighted by atomic mass is 9.97. The van der Waals surface area contributed by atoms with E-state index in [0.29, 0.717) is 13.0 Å². The lowest BCUT2D eigenvalue weighted by Gasteiger charge is -2.25. The van der Waals surface area contributed by atoms with Crippen LogP contribution in [0.1, 0.15) is 56.5 Å². The number of amides is 1. The summed E-state index contributed by atoms with van der Waals surface area (Å²) < 4.78 is 5.87. The Bertz CT molecular complexity index is 667. The summed E-state index contributed by atoms with van der Waals surface area (Å²) in [5.41, 5.74) is 1.96. The van der Waals surface area contributed by atoms with Crippen molar-refractivity contribution in [2.75, 3.05) is 6.54 Å². The highest BCUT2D eigenvalue weighted by atomic mass is 16.4. The number of fused-ring (bicyclic) bond motifs is 1. The van der Waals surface area contributed by atoms with Crippen LogP contribution in [0.3, 0.4) is 0 Å². The van der Waals surface area contributed by atoms with Crippen LogP contribution in [0, 0.1) is 0 Å². The van der Waals surface area contributed by atoms with Crippen LogP contribution in [-0.4, -0.2) is 32.5 Å². The van der Waals surface area contributed by atoms with Crippen molar-refractivity contribution in [3.63, 3.8) is 0 Å². The van der Waals surface area contributed by atoms with Gasteiger partial charge in [0.15, 0.2) is 5.89 Å². The monoisotopic (exact) mass is 316 g/mol. The lowest BCUT2D eigenvalue weighted by molar-refractivity contribution is -0.132. The molecule has 0 saturated carbocycles. The fourth-order valence-electron chi connectivity index (χ4n) is 2.75. The van der Waals surface area contributed by atoms with Gasteiger partial charge in [-0.3, -0.25) is 9.89 Å². The van der Waals surface area contributed by atoms with Gasteiger partial charge in [-0.2, -0.15) is 5.10 Å². The van der Waals surface area contributed by atoms with Gasteiger partial charge in [0.1, 0.15) is 11.5 Å². The van der Waals surface area contributed by atoms with Crippen LogP contribution in [0.4, 0.5) is 0 Å². The minimum absolute atomic E-state index is 0.100. The summed E-state index contributed by atoms with van der Waals surface area (Å²) in [5, 5.41) is 6.71. The molecule has 6 heteroatoms. The van der Waals surface area contributed by atoms with Gasteiger partial charge in [-0.15, -0.1) is 0 Å². The fraction of sp³-hybridized carbons (Fsp3) is 0.588. The van der Waals surface area contributed by atoms with Gasteiger partial charge >= 0.3 is 0 Å². The van der Waals surface area contributed by atoms with Crippen molar-refractivity contribution in [2.45, 2.75) is 58.4 Å². The Morgan fingerprint density at radius 2 is 2.26 bits per heavy atom. The van der Waals surface area contributed by atoms with Crippen molar-refractivity contribution < 1.29 is 9.21 Å². The molecule has 0 radical (unpaired) electrons. The van der Waals surface area contributed by atoms with E-state index in [0.717, 1.165) is 48.7 Å².